The van der Waals surface area contributed by atoms with Crippen molar-refractivity contribution >= 4 is 50.7 Å². The van der Waals surface area contributed by atoms with Crippen LogP contribution in [-0.2, 0) is 4.84 Å². The van der Waals surface area contributed by atoms with Crippen LogP contribution in [0.5, 0.6) is 0 Å². The second kappa shape index (κ2) is 6.04. The molecule has 1 unspecified atom stereocenters. The largest absolute Gasteiger partial charge is 0.369 e. The third kappa shape index (κ3) is 2.32. The number of rotatable bonds is 2. The Morgan fingerprint density at radius 3 is 2.00 bits per heavy atom. The summed E-state index contributed by atoms with van der Waals surface area (Å²) in [7, 11) is 0. The summed E-state index contributed by atoms with van der Waals surface area (Å²) in [6.45, 7) is 0. The molecular formula is C21H14Cl2N2O. The van der Waals surface area contributed by atoms with Gasteiger partial charge in [-0.15, -0.1) is 0 Å². The molecule has 0 N–H and O–H groups in total. The Morgan fingerprint density at radius 1 is 0.808 bits per heavy atom. The number of aromatic nitrogens is 1. The molecule has 3 aromatic carbocycles. The van der Waals surface area contributed by atoms with Crippen LogP contribution in [0.2, 0.25) is 10.0 Å². The van der Waals surface area contributed by atoms with Gasteiger partial charge in [-0.2, -0.15) is 0 Å². The van der Waals surface area contributed by atoms with Crippen molar-refractivity contribution in [2.45, 2.75) is 12.6 Å². The van der Waals surface area contributed by atoms with Crippen molar-refractivity contribution in [3.63, 3.8) is 0 Å². The Kier molecular flexibility index (Phi) is 3.66. The second-order valence-electron chi connectivity index (χ2n) is 6.30. The van der Waals surface area contributed by atoms with Crippen LogP contribution >= 0.6 is 23.2 Å². The summed E-state index contributed by atoms with van der Waals surface area (Å²) in [6, 6.07) is 22.1. The molecule has 26 heavy (non-hydrogen) atoms. The van der Waals surface area contributed by atoms with Crippen molar-refractivity contribution < 1.29 is 4.84 Å². The molecule has 1 aromatic heterocycles. The van der Waals surface area contributed by atoms with Crippen LogP contribution in [-0.4, -0.2) is 10.3 Å². The molecule has 5 rings (SSSR count). The Hall–Kier alpha value is -2.49. The van der Waals surface area contributed by atoms with E-state index in [2.05, 4.69) is 46.1 Å². The summed E-state index contributed by atoms with van der Waals surface area (Å²) in [5.74, 6) is 0. The number of para-hydroxylation sites is 2. The van der Waals surface area contributed by atoms with Gasteiger partial charge in [0.2, 0.25) is 6.23 Å². The number of oxime groups is 1. The number of hydrogen-bond donors (Lipinski definition) is 0. The van der Waals surface area contributed by atoms with E-state index in [-0.39, 0.29) is 6.23 Å². The van der Waals surface area contributed by atoms with Crippen LogP contribution in [0.15, 0.2) is 71.9 Å². The summed E-state index contributed by atoms with van der Waals surface area (Å²) in [5, 5.41) is 7.89. The normalized spacial score (nSPS) is 16.8. The van der Waals surface area contributed by atoms with Gasteiger partial charge in [0.25, 0.3) is 0 Å². The van der Waals surface area contributed by atoms with E-state index in [1.165, 1.54) is 10.8 Å². The van der Waals surface area contributed by atoms with E-state index in [0.717, 1.165) is 22.3 Å². The number of hydrogen-bond acceptors (Lipinski definition) is 2. The van der Waals surface area contributed by atoms with Gasteiger partial charge in [-0.3, -0.25) is 0 Å². The zero-order valence-electron chi connectivity index (χ0n) is 13.7. The Bertz CT molecular complexity index is 1110. The molecule has 128 valence electrons. The monoisotopic (exact) mass is 380 g/mol. The van der Waals surface area contributed by atoms with Crippen LogP contribution in [0.1, 0.15) is 18.2 Å². The van der Waals surface area contributed by atoms with Gasteiger partial charge in [0, 0.05) is 16.3 Å². The topological polar surface area (TPSA) is 26.5 Å². The van der Waals surface area contributed by atoms with Gasteiger partial charge < -0.3 is 9.40 Å². The highest BCUT2D eigenvalue weighted by atomic mass is 35.5. The predicted molar refractivity (Wildman–Crippen MR) is 107 cm³/mol. The molecule has 3 nitrogen and oxygen atoms in total. The maximum Gasteiger partial charge on any atom is 0.210 e. The van der Waals surface area contributed by atoms with Gasteiger partial charge in [0.05, 0.1) is 33.2 Å². The first kappa shape index (κ1) is 15.7. The fraction of sp³-hybridized carbons (Fsp3) is 0.0952. The van der Waals surface area contributed by atoms with Crippen LogP contribution in [0.4, 0.5) is 0 Å². The first-order chi connectivity index (χ1) is 12.7. The fourth-order valence-corrected chi connectivity index (χ4v) is 4.30. The van der Waals surface area contributed by atoms with Crippen LogP contribution in [0, 0.1) is 0 Å². The molecule has 0 fully saturated rings. The molecule has 0 bridgehead atoms. The van der Waals surface area contributed by atoms with E-state index in [1.54, 1.807) is 0 Å². The summed E-state index contributed by atoms with van der Waals surface area (Å²) >= 11 is 12.7. The zero-order valence-corrected chi connectivity index (χ0v) is 15.2. The van der Waals surface area contributed by atoms with E-state index >= 15 is 0 Å². The summed E-state index contributed by atoms with van der Waals surface area (Å²) in [6.07, 6.45) is 0.369. The lowest BCUT2D eigenvalue weighted by Gasteiger charge is -2.14. The molecule has 0 amide bonds. The van der Waals surface area contributed by atoms with Crippen LogP contribution in [0.25, 0.3) is 21.8 Å². The fourth-order valence-electron chi connectivity index (χ4n) is 3.69. The van der Waals surface area contributed by atoms with E-state index in [0.29, 0.717) is 16.5 Å². The lowest BCUT2D eigenvalue weighted by molar-refractivity contribution is 0.0386. The molecule has 2 heterocycles. The maximum absolute atomic E-state index is 6.34. The van der Waals surface area contributed by atoms with E-state index in [9.17, 15) is 0 Å². The molecule has 0 saturated carbocycles. The van der Waals surface area contributed by atoms with Gasteiger partial charge in [-0.25, -0.2) is 0 Å². The summed E-state index contributed by atoms with van der Waals surface area (Å²) in [5.41, 5.74) is 3.77. The van der Waals surface area contributed by atoms with Crippen molar-refractivity contribution in [3.05, 3.63) is 82.3 Å². The number of halogens is 2. The van der Waals surface area contributed by atoms with Gasteiger partial charge >= 0.3 is 0 Å². The van der Waals surface area contributed by atoms with Gasteiger partial charge in [-0.05, 0) is 24.3 Å². The average molecular weight is 381 g/mol. The molecule has 0 radical (unpaired) electrons. The van der Waals surface area contributed by atoms with Gasteiger partial charge in [-0.1, -0.05) is 70.8 Å². The minimum atomic E-state index is -0.234. The predicted octanol–water partition coefficient (Wildman–Crippen LogP) is 6.42. The molecule has 5 heteroatoms. The van der Waals surface area contributed by atoms with Crippen LogP contribution in [0.3, 0.4) is 0 Å². The number of fused-ring (bicyclic) bond motifs is 3. The highest BCUT2D eigenvalue weighted by Crippen LogP contribution is 2.37. The summed E-state index contributed by atoms with van der Waals surface area (Å²) < 4.78 is 2.20. The van der Waals surface area contributed by atoms with Crippen LogP contribution < -0.4 is 0 Å². The minimum Gasteiger partial charge on any atom is -0.369 e. The highest BCUT2D eigenvalue weighted by molar-refractivity contribution is 6.40. The van der Waals surface area contributed by atoms with E-state index in [4.69, 9.17) is 28.0 Å². The van der Waals surface area contributed by atoms with Gasteiger partial charge in [0.15, 0.2) is 0 Å². The molecule has 4 aromatic rings. The molecular weight excluding hydrogens is 367 g/mol. The summed E-state index contributed by atoms with van der Waals surface area (Å²) in [4.78, 5) is 5.82. The molecule has 1 aliphatic heterocycles. The molecule has 1 atom stereocenters. The highest BCUT2D eigenvalue weighted by Gasteiger charge is 2.28. The van der Waals surface area contributed by atoms with Crippen molar-refractivity contribution in [2.75, 3.05) is 0 Å². The quantitative estimate of drug-likeness (QED) is 0.393. The SMILES string of the molecule is Clc1cccc(Cl)c1C1=NOC(n2c3ccccc3c3ccccc32)C1. The molecule has 0 aliphatic carbocycles. The molecule has 0 spiro atoms. The number of nitrogens with zero attached hydrogens (tertiary/aromatic N) is 2. The lowest BCUT2D eigenvalue weighted by atomic mass is 10.1. The standard InChI is InChI=1S/C21H14Cl2N2O/c22-15-8-5-9-16(23)21(15)17-12-20(26-24-17)25-18-10-3-1-6-13(18)14-7-2-4-11-19(14)25/h1-11,20H,12H2. The maximum atomic E-state index is 6.34. The third-order valence-corrected chi connectivity index (χ3v) is 5.44. The third-order valence-electron chi connectivity index (χ3n) is 4.81. The second-order valence-corrected chi connectivity index (χ2v) is 7.12. The molecule has 1 aliphatic rings. The first-order valence-corrected chi connectivity index (χ1v) is 9.14. The zero-order chi connectivity index (χ0) is 17.7. The minimum absolute atomic E-state index is 0.234. The van der Waals surface area contributed by atoms with Crippen molar-refractivity contribution in [1.82, 2.24) is 4.57 Å². The first-order valence-electron chi connectivity index (χ1n) is 8.39. The Labute approximate surface area is 160 Å². The van der Waals surface area contributed by atoms with Crippen molar-refractivity contribution in [1.29, 1.82) is 0 Å². The Balaban J connectivity index is 1.62. The van der Waals surface area contributed by atoms with E-state index in [1.807, 2.05) is 30.3 Å². The van der Waals surface area contributed by atoms with Gasteiger partial charge in [0.1, 0.15) is 0 Å². The van der Waals surface area contributed by atoms with Crippen molar-refractivity contribution in [3.8, 4) is 0 Å². The average Bonchev–Trinajstić information content (AvgIpc) is 3.24. The van der Waals surface area contributed by atoms with Crippen molar-refractivity contribution in [2.24, 2.45) is 5.16 Å². The lowest BCUT2D eigenvalue weighted by Crippen LogP contribution is -2.10. The Morgan fingerprint density at radius 2 is 1.38 bits per heavy atom. The molecule has 0 saturated heterocycles. The number of benzene rings is 3. The van der Waals surface area contributed by atoms with E-state index < -0.39 is 0 Å². The smallest absolute Gasteiger partial charge is 0.210 e.